The molecule has 0 heterocycles. The molecule has 1 aromatic carbocycles. The largest absolute Gasteiger partial charge is 0.508 e. The molecule has 0 spiro atoms. The van der Waals surface area contributed by atoms with E-state index in [1.807, 2.05) is 12.1 Å². The fourth-order valence-electron chi connectivity index (χ4n) is 2.97. The zero-order chi connectivity index (χ0) is 13.7. The molecule has 1 atom stereocenters. The van der Waals surface area contributed by atoms with Gasteiger partial charge in [0.2, 0.25) is 0 Å². The van der Waals surface area contributed by atoms with E-state index in [1.165, 1.54) is 31.2 Å². The number of rotatable bonds is 6. The van der Waals surface area contributed by atoms with Gasteiger partial charge in [-0.05, 0) is 55.7 Å². The summed E-state index contributed by atoms with van der Waals surface area (Å²) in [5, 5.41) is 13.0. The maximum atomic E-state index is 9.26. The number of benzene rings is 1. The maximum absolute atomic E-state index is 9.26. The van der Waals surface area contributed by atoms with Crippen LogP contribution in [0.4, 0.5) is 0 Å². The van der Waals surface area contributed by atoms with Crippen LogP contribution in [0.3, 0.4) is 0 Å². The molecular formula is C17H27NO. The average molecular weight is 261 g/mol. The Morgan fingerprint density at radius 2 is 1.84 bits per heavy atom. The lowest BCUT2D eigenvalue weighted by atomic mass is 9.88. The van der Waals surface area contributed by atoms with Crippen molar-refractivity contribution < 1.29 is 5.11 Å². The second-order valence-electron chi connectivity index (χ2n) is 6.50. The fourth-order valence-corrected chi connectivity index (χ4v) is 2.97. The number of hydrogen-bond donors (Lipinski definition) is 2. The second kappa shape index (κ2) is 6.42. The van der Waals surface area contributed by atoms with Crippen LogP contribution in [0, 0.1) is 5.41 Å². The molecule has 1 saturated carbocycles. The Hall–Kier alpha value is -1.02. The van der Waals surface area contributed by atoms with E-state index in [0.29, 0.717) is 17.2 Å². The van der Waals surface area contributed by atoms with E-state index < -0.39 is 0 Å². The number of aromatic hydroxyl groups is 1. The molecule has 2 nitrogen and oxygen atoms in total. The molecule has 1 unspecified atom stereocenters. The van der Waals surface area contributed by atoms with E-state index >= 15 is 0 Å². The van der Waals surface area contributed by atoms with Crippen LogP contribution in [0.5, 0.6) is 5.75 Å². The van der Waals surface area contributed by atoms with E-state index in [0.717, 1.165) is 19.4 Å². The van der Waals surface area contributed by atoms with Crippen molar-refractivity contribution in [3.05, 3.63) is 29.8 Å². The van der Waals surface area contributed by atoms with Crippen LogP contribution in [-0.4, -0.2) is 17.7 Å². The molecular weight excluding hydrogens is 234 g/mol. The van der Waals surface area contributed by atoms with Crippen LogP contribution in [-0.2, 0) is 6.42 Å². The molecule has 2 heteroatoms. The van der Waals surface area contributed by atoms with Gasteiger partial charge in [0.1, 0.15) is 5.75 Å². The van der Waals surface area contributed by atoms with Gasteiger partial charge in [-0.25, -0.2) is 0 Å². The van der Waals surface area contributed by atoms with E-state index in [2.05, 4.69) is 19.2 Å². The molecule has 0 bridgehead atoms. The van der Waals surface area contributed by atoms with Crippen molar-refractivity contribution in [3.8, 4) is 5.75 Å². The predicted octanol–water partition coefficient (Wildman–Crippen LogP) is 3.88. The molecule has 19 heavy (non-hydrogen) atoms. The molecule has 0 aliphatic heterocycles. The van der Waals surface area contributed by atoms with E-state index in [4.69, 9.17) is 0 Å². The smallest absolute Gasteiger partial charge is 0.115 e. The summed E-state index contributed by atoms with van der Waals surface area (Å²) in [5.41, 5.74) is 1.84. The average Bonchev–Trinajstić information content (AvgIpc) is 2.83. The minimum Gasteiger partial charge on any atom is -0.508 e. The fraction of sp³-hybridized carbons (Fsp3) is 0.647. The third kappa shape index (κ3) is 4.54. The lowest BCUT2D eigenvalue weighted by Gasteiger charge is -2.26. The van der Waals surface area contributed by atoms with Gasteiger partial charge in [0.25, 0.3) is 0 Å². The van der Waals surface area contributed by atoms with Crippen molar-refractivity contribution in [1.29, 1.82) is 0 Å². The van der Waals surface area contributed by atoms with Gasteiger partial charge in [0, 0.05) is 12.6 Å². The van der Waals surface area contributed by atoms with Crippen LogP contribution in [0.1, 0.15) is 51.5 Å². The summed E-state index contributed by atoms with van der Waals surface area (Å²) < 4.78 is 0. The van der Waals surface area contributed by atoms with Gasteiger partial charge >= 0.3 is 0 Å². The Labute approximate surface area is 117 Å². The Balaban J connectivity index is 1.69. The molecule has 0 radical (unpaired) electrons. The van der Waals surface area contributed by atoms with Gasteiger partial charge in [-0.15, -0.1) is 0 Å². The summed E-state index contributed by atoms with van der Waals surface area (Å²) in [6, 6.07) is 8.13. The Bertz CT molecular complexity index is 379. The van der Waals surface area contributed by atoms with Crippen LogP contribution in [0.15, 0.2) is 24.3 Å². The zero-order valence-corrected chi connectivity index (χ0v) is 12.3. The van der Waals surface area contributed by atoms with E-state index in [9.17, 15) is 5.11 Å². The van der Waals surface area contributed by atoms with Gasteiger partial charge in [-0.3, -0.25) is 0 Å². The second-order valence-corrected chi connectivity index (χ2v) is 6.50. The third-order valence-electron chi connectivity index (χ3n) is 4.49. The Kier molecular flexibility index (Phi) is 4.87. The molecule has 2 N–H and O–H groups in total. The number of aryl methyl sites for hydroxylation is 1. The van der Waals surface area contributed by atoms with Crippen molar-refractivity contribution in [2.45, 2.75) is 58.4 Å². The molecule has 1 fully saturated rings. The molecule has 1 aliphatic rings. The minimum atomic E-state index is 0.351. The predicted molar refractivity (Wildman–Crippen MR) is 80.5 cm³/mol. The third-order valence-corrected chi connectivity index (χ3v) is 4.49. The van der Waals surface area contributed by atoms with Gasteiger partial charge in [-0.2, -0.15) is 0 Å². The first-order chi connectivity index (χ1) is 9.07. The first kappa shape index (κ1) is 14.4. The highest BCUT2D eigenvalue weighted by molar-refractivity contribution is 5.25. The summed E-state index contributed by atoms with van der Waals surface area (Å²) in [6.45, 7) is 5.85. The van der Waals surface area contributed by atoms with Crippen LogP contribution in [0.25, 0.3) is 0 Å². The number of nitrogens with one attached hydrogen (secondary N) is 1. The highest BCUT2D eigenvalue weighted by atomic mass is 16.3. The van der Waals surface area contributed by atoms with Gasteiger partial charge in [-0.1, -0.05) is 31.9 Å². The molecule has 0 aromatic heterocycles. The molecule has 2 rings (SSSR count). The highest BCUT2D eigenvalue weighted by Gasteiger charge is 2.28. The van der Waals surface area contributed by atoms with Gasteiger partial charge < -0.3 is 10.4 Å². The maximum Gasteiger partial charge on any atom is 0.115 e. The monoisotopic (exact) mass is 261 g/mol. The first-order valence-corrected chi connectivity index (χ1v) is 7.59. The lowest BCUT2D eigenvalue weighted by Crippen LogP contribution is -2.35. The standard InChI is InChI=1S/C17H27NO/c1-14(18-13-17(2)11-3-4-12-17)5-6-15-7-9-16(19)10-8-15/h7-10,14,18-19H,3-6,11-13H2,1-2H3. The molecule has 1 aromatic rings. The summed E-state index contributed by atoms with van der Waals surface area (Å²) in [7, 11) is 0. The van der Waals surface area contributed by atoms with Crippen molar-refractivity contribution in [2.24, 2.45) is 5.41 Å². The van der Waals surface area contributed by atoms with Crippen LogP contribution < -0.4 is 5.32 Å². The Morgan fingerprint density at radius 1 is 1.21 bits per heavy atom. The lowest BCUT2D eigenvalue weighted by molar-refractivity contribution is 0.297. The van der Waals surface area contributed by atoms with Crippen molar-refractivity contribution >= 4 is 0 Å². The molecule has 106 valence electrons. The SMILES string of the molecule is CC(CCc1ccc(O)cc1)NCC1(C)CCCC1. The quantitative estimate of drug-likeness (QED) is 0.814. The summed E-state index contributed by atoms with van der Waals surface area (Å²) in [6.07, 6.45) is 7.79. The first-order valence-electron chi connectivity index (χ1n) is 7.59. The van der Waals surface area contributed by atoms with Gasteiger partial charge in [0.15, 0.2) is 0 Å². The normalized spacial score (nSPS) is 19.5. The van der Waals surface area contributed by atoms with E-state index in [1.54, 1.807) is 12.1 Å². The van der Waals surface area contributed by atoms with Crippen LogP contribution in [0.2, 0.25) is 0 Å². The number of hydrogen-bond acceptors (Lipinski definition) is 2. The minimum absolute atomic E-state index is 0.351. The summed E-state index contributed by atoms with van der Waals surface area (Å²) >= 11 is 0. The van der Waals surface area contributed by atoms with E-state index in [-0.39, 0.29) is 0 Å². The number of phenols is 1. The van der Waals surface area contributed by atoms with Gasteiger partial charge in [0.05, 0.1) is 0 Å². The van der Waals surface area contributed by atoms with Crippen LogP contribution >= 0.6 is 0 Å². The molecule has 0 saturated heterocycles. The Morgan fingerprint density at radius 3 is 2.47 bits per heavy atom. The van der Waals surface area contributed by atoms with Crippen molar-refractivity contribution in [3.63, 3.8) is 0 Å². The number of phenolic OH excluding ortho intramolecular Hbond substituents is 1. The summed E-state index contributed by atoms with van der Waals surface area (Å²) in [4.78, 5) is 0. The topological polar surface area (TPSA) is 32.3 Å². The molecule has 1 aliphatic carbocycles. The van der Waals surface area contributed by atoms with Crippen molar-refractivity contribution in [1.82, 2.24) is 5.32 Å². The van der Waals surface area contributed by atoms with Crippen molar-refractivity contribution in [2.75, 3.05) is 6.54 Å². The highest BCUT2D eigenvalue weighted by Crippen LogP contribution is 2.36. The zero-order valence-electron chi connectivity index (χ0n) is 12.3. The molecule has 0 amide bonds. The summed E-state index contributed by atoms with van der Waals surface area (Å²) in [5.74, 6) is 0.351.